The Morgan fingerprint density at radius 3 is 2.41 bits per heavy atom. The number of sulfone groups is 1. The molecule has 1 heterocycles. The van der Waals surface area contributed by atoms with E-state index in [0.29, 0.717) is 17.9 Å². The van der Waals surface area contributed by atoms with Gasteiger partial charge < -0.3 is 4.74 Å². The van der Waals surface area contributed by atoms with Crippen molar-refractivity contribution in [2.24, 2.45) is 11.8 Å². The third kappa shape index (κ3) is 3.81. The van der Waals surface area contributed by atoms with Gasteiger partial charge in [0.1, 0.15) is 10.6 Å². The van der Waals surface area contributed by atoms with Crippen LogP contribution in [0.25, 0.3) is 0 Å². The van der Waals surface area contributed by atoms with E-state index in [1.165, 1.54) is 24.3 Å². The van der Waals surface area contributed by atoms with Crippen LogP contribution >= 0.6 is 11.6 Å². The molecule has 2 aromatic rings. The first-order valence-electron chi connectivity index (χ1n) is 10.0. The van der Waals surface area contributed by atoms with E-state index in [1.54, 1.807) is 0 Å². The third-order valence-corrected chi connectivity index (χ3v) is 9.90. The Labute approximate surface area is 190 Å². The summed E-state index contributed by atoms with van der Waals surface area (Å²) >= 11 is 5.93. The van der Waals surface area contributed by atoms with Crippen molar-refractivity contribution in [2.45, 2.75) is 28.9 Å². The molecule has 1 N–H and O–H groups in total. The van der Waals surface area contributed by atoms with Crippen LogP contribution in [0.1, 0.15) is 24.8 Å². The number of ether oxygens (including phenoxy) is 1. The van der Waals surface area contributed by atoms with E-state index < -0.39 is 53.8 Å². The number of fused-ring (bicyclic) bond motifs is 3. The molecule has 174 valence electrons. The lowest BCUT2D eigenvalue weighted by molar-refractivity contribution is 0.0771. The quantitative estimate of drug-likeness (QED) is 0.670. The molecule has 4 rings (SSSR count). The average Bonchev–Trinajstić information content (AvgIpc) is 2.73. The number of hydrogen-bond donors (Lipinski definition) is 1. The van der Waals surface area contributed by atoms with Crippen LogP contribution in [0.3, 0.4) is 0 Å². The molecular formula is C21H22ClF2NO5S2. The highest BCUT2D eigenvalue weighted by molar-refractivity contribution is 7.92. The number of benzene rings is 2. The molecule has 1 fully saturated rings. The second-order valence-electron chi connectivity index (χ2n) is 8.27. The van der Waals surface area contributed by atoms with Gasteiger partial charge in [0.15, 0.2) is 21.4 Å². The molecule has 0 amide bonds. The maximum Gasteiger partial charge on any atom is 0.208 e. The van der Waals surface area contributed by atoms with Crippen molar-refractivity contribution in [2.75, 3.05) is 19.4 Å². The smallest absolute Gasteiger partial charge is 0.208 e. The first-order valence-corrected chi connectivity index (χ1v) is 13.8. The van der Waals surface area contributed by atoms with Crippen molar-refractivity contribution in [1.29, 1.82) is 0 Å². The molecule has 1 unspecified atom stereocenters. The van der Waals surface area contributed by atoms with E-state index in [0.717, 1.165) is 18.4 Å². The van der Waals surface area contributed by atoms with Gasteiger partial charge in [-0.3, -0.25) is 0 Å². The van der Waals surface area contributed by atoms with Gasteiger partial charge in [0.25, 0.3) is 0 Å². The Bertz CT molecular complexity index is 1250. The molecule has 3 atom stereocenters. The van der Waals surface area contributed by atoms with Gasteiger partial charge in [-0.25, -0.2) is 30.3 Å². The first kappa shape index (κ1) is 23.4. The Morgan fingerprint density at radius 1 is 1.09 bits per heavy atom. The monoisotopic (exact) mass is 505 g/mol. The van der Waals surface area contributed by atoms with Crippen molar-refractivity contribution < 1.29 is 30.4 Å². The maximum absolute atomic E-state index is 15.2. The third-order valence-electron chi connectivity index (χ3n) is 6.39. The standard InChI is InChI=1S/C21H22ClF2NO5S2/c1-31(26,27)25-11-13-3-2-10-21(32(28,29)15-6-4-14(22)5-7-15)16(13)12-30-20-18(24)9-8-17(23)19(20)21/h4-9,13,16,25H,2-3,10-12H2,1H3/t13-,16?,21-/m0/s1. The molecule has 1 aliphatic heterocycles. The highest BCUT2D eigenvalue weighted by atomic mass is 35.5. The van der Waals surface area contributed by atoms with Crippen molar-refractivity contribution in [3.05, 3.63) is 58.6 Å². The predicted octanol–water partition coefficient (Wildman–Crippen LogP) is 3.65. The molecule has 0 saturated heterocycles. The van der Waals surface area contributed by atoms with Gasteiger partial charge in [-0.15, -0.1) is 0 Å². The van der Waals surface area contributed by atoms with E-state index >= 15 is 4.39 Å². The molecule has 0 radical (unpaired) electrons. The van der Waals surface area contributed by atoms with Gasteiger partial charge in [-0.1, -0.05) is 18.0 Å². The van der Waals surface area contributed by atoms with E-state index in [4.69, 9.17) is 16.3 Å². The molecule has 32 heavy (non-hydrogen) atoms. The molecule has 1 saturated carbocycles. The Hall–Kier alpha value is -1.75. The number of sulfonamides is 1. The van der Waals surface area contributed by atoms with Gasteiger partial charge in [-0.05, 0) is 55.2 Å². The molecule has 6 nitrogen and oxygen atoms in total. The van der Waals surface area contributed by atoms with Crippen LogP contribution in [0, 0.1) is 23.5 Å². The molecule has 1 aliphatic carbocycles. The van der Waals surface area contributed by atoms with Gasteiger partial charge in [-0.2, -0.15) is 0 Å². The van der Waals surface area contributed by atoms with Crippen LogP contribution in [-0.2, 0) is 24.6 Å². The fourth-order valence-corrected chi connectivity index (χ4v) is 8.10. The van der Waals surface area contributed by atoms with Crippen LogP contribution in [0.2, 0.25) is 5.02 Å². The number of rotatable bonds is 5. The normalized spacial score (nSPS) is 25.5. The van der Waals surface area contributed by atoms with Crippen molar-refractivity contribution in [1.82, 2.24) is 4.72 Å². The highest BCUT2D eigenvalue weighted by Gasteiger charge is 2.60. The molecular weight excluding hydrogens is 484 g/mol. The SMILES string of the molecule is CS(=O)(=O)NC[C@@H]1CCC[C@@]2(S(=O)(=O)c3ccc(Cl)cc3)c3c(F)ccc(F)c3OCC12. The Morgan fingerprint density at radius 2 is 1.75 bits per heavy atom. The van der Waals surface area contributed by atoms with Crippen LogP contribution in [0.15, 0.2) is 41.3 Å². The summed E-state index contributed by atoms with van der Waals surface area (Å²) in [6.45, 7) is -0.215. The molecule has 2 aromatic carbocycles. The van der Waals surface area contributed by atoms with Gasteiger partial charge in [0.05, 0.1) is 23.3 Å². The molecule has 2 aliphatic rings. The minimum atomic E-state index is -4.26. The summed E-state index contributed by atoms with van der Waals surface area (Å²) in [6.07, 6.45) is 1.96. The van der Waals surface area contributed by atoms with Crippen molar-refractivity contribution >= 4 is 31.5 Å². The zero-order chi connectivity index (χ0) is 23.3. The number of halogens is 3. The largest absolute Gasteiger partial charge is 0.490 e. The van der Waals surface area contributed by atoms with Crippen molar-refractivity contribution in [3.8, 4) is 5.75 Å². The second kappa shape index (κ2) is 8.23. The average molecular weight is 506 g/mol. The zero-order valence-electron chi connectivity index (χ0n) is 17.1. The van der Waals surface area contributed by atoms with Crippen LogP contribution in [0.5, 0.6) is 5.75 Å². The lowest BCUT2D eigenvalue weighted by atomic mass is 9.67. The summed E-state index contributed by atoms with van der Waals surface area (Å²) in [6, 6.07) is 7.34. The summed E-state index contributed by atoms with van der Waals surface area (Å²) < 4.78 is 87.6. The van der Waals surface area contributed by atoms with E-state index in [-0.39, 0.29) is 30.0 Å². The maximum atomic E-state index is 15.2. The minimum absolute atomic E-state index is 0.0307. The lowest BCUT2D eigenvalue weighted by Gasteiger charge is -2.50. The second-order valence-corrected chi connectivity index (χ2v) is 12.7. The summed E-state index contributed by atoms with van der Waals surface area (Å²) in [5.74, 6) is -3.39. The summed E-state index contributed by atoms with van der Waals surface area (Å²) in [5, 5.41) is 0.335. The van der Waals surface area contributed by atoms with Crippen LogP contribution in [0.4, 0.5) is 8.78 Å². The van der Waals surface area contributed by atoms with Crippen LogP contribution < -0.4 is 9.46 Å². The van der Waals surface area contributed by atoms with E-state index in [1.807, 2.05) is 0 Å². The Kier molecular flexibility index (Phi) is 6.02. The van der Waals surface area contributed by atoms with E-state index in [2.05, 4.69) is 4.72 Å². The fourth-order valence-electron chi connectivity index (χ4n) is 5.01. The van der Waals surface area contributed by atoms with E-state index in [9.17, 15) is 21.2 Å². The summed E-state index contributed by atoms with van der Waals surface area (Å²) in [7, 11) is -7.80. The van der Waals surface area contributed by atoms with Crippen LogP contribution in [-0.4, -0.2) is 36.2 Å². The molecule has 0 aromatic heterocycles. The van der Waals surface area contributed by atoms with Gasteiger partial charge in [0.2, 0.25) is 10.0 Å². The van der Waals surface area contributed by atoms with Gasteiger partial charge in [0, 0.05) is 17.5 Å². The summed E-state index contributed by atoms with van der Waals surface area (Å²) in [5.41, 5.74) is -0.326. The molecule has 11 heteroatoms. The Balaban J connectivity index is 1.95. The zero-order valence-corrected chi connectivity index (χ0v) is 19.5. The lowest BCUT2D eigenvalue weighted by Crippen LogP contribution is -2.55. The fraction of sp³-hybridized carbons (Fsp3) is 0.429. The molecule has 0 bridgehead atoms. The predicted molar refractivity (Wildman–Crippen MR) is 116 cm³/mol. The minimum Gasteiger partial charge on any atom is -0.490 e. The molecule has 0 spiro atoms. The highest BCUT2D eigenvalue weighted by Crippen LogP contribution is 2.58. The summed E-state index contributed by atoms with van der Waals surface area (Å²) in [4.78, 5) is -0.0693. The number of nitrogens with one attached hydrogen (secondary N) is 1. The first-order chi connectivity index (χ1) is 15.0. The number of hydrogen-bond acceptors (Lipinski definition) is 5. The topological polar surface area (TPSA) is 89.5 Å². The van der Waals surface area contributed by atoms with Gasteiger partial charge >= 0.3 is 0 Å². The van der Waals surface area contributed by atoms with Crippen molar-refractivity contribution in [3.63, 3.8) is 0 Å².